The van der Waals surface area contributed by atoms with E-state index in [1.807, 2.05) is 19.1 Å². The van der Waals surface area contributed by atoms with Crippen LogP contribution in [-0.4, -0.2) is 20.2 Å². The SMILES string of the molecule is COc1c(C)cc(Cl)cc1CNCC(C)CN. The zero-order valence-corrected chi connectivity index (χ0v) is 11.5. The van der Waals surface area contributed by atoms with Crippen molar-refractivity contribution in [3.8, 4) is 5.75 Å². The highest BCUT2D eigenvalue weighted by molar-refractivity contribution is 6.30. The van der Waals surface area contributed by atoms with Gasteiger partial charge in [0.15, 0.2) is 0 Å². The fourth-order valence-electron chi connectivity index (χ4n) is 1.76. The lowest BCUT2D eigenvalue weighted by Gasteiger charge is -2.14. The molecule has 0 fully saturated rings. The van der Waals surface area contributed by atoms with Crippen LogP contribution in [0.3, 0.4) is 0 Å². The van der Waals surface area contributed by atoms with E-state index < -0.39 is 0 Å². The maximum absolute atomic E-state index is 6.04. The average Bonchev–Trinajstić information content (AvgIpc) is 2.28. The van der Waals surface area contributed by atoms with Crippen molar-refractivity contribution in [3.63, 3.8) is 0 Å². The van der Waals surface area contributed by atoms with E-state index in [1.54, 1.807) is 7.11 Å². The van der Waals surface area contributed by atoms with E-state index >= 15 is 0 Å². The molecule has 1 rings (SSSR count). The molecular weight excluding hydrogens is 236 g/mol. The van der Waals surface area contributed by atoms with Gasteiger partial charge in [-0.05, 0) is 43.6 Å². The van der Waals surface area contributed by atoms with E-state index in [4.69, 9.17) is 22.1 Å². The summed E-state index contributed by atoms with van der Waals surface area (Å²) in [6.07, 6.45) is 0. The lowest BCUT2D eigenvalue weighted by molar-refractivity contribution is 0.403. The van der Waals surface area contributed by atoms with Crippen LogP contribution in [0.25, 0.3) is 0 Å². The van der Waals surface area contributed by atoms with Gasteiger partial charge in [-0.2, -0.15) is 0 Å². The maximum atomic E-state index is 6.04. The van der Waals surface area contributed by atoms with Gasteiger partial charge in [-0.3, -0.25) is 0 Å². The largest absolute Gasteiger partial charge is 0.496 e. The van der Waals surface area contributed by atoms with Crippen LogP contribution in [-0.2, 0) is 6.54 Å². The molecule has 0 amide bonds. The highest BCUT2D eigenvalue weighted by Gasteiger charge is 2.08. The minimum Gasteiger partial charge on any atom is -0.496 e. The standard InChI is InChI=1S/C13H21ClN2O/c1-9(6-15)7-16-8-11-5-12(14)4-10(2)13(11)17-3/h4-5,9,16H,6-8,15H2,1-3H3. The molecule has 0 saturated carbocycles. The Morgan fingerprint density at radius 3 is 2.76 bits per heavy atom. The summed E-state index contributed by atoms with van der Waals surface area (Å²) in [4.78, 5) is 0. The summed E-state index contributed by atoms with van der Waals surface area (Å²) in [6.45, 7) is 6.45. The number of hydrogen-bond donors (Lipinski definition) is 2. The normalized spacial score (nSPS) is 12.5. The van der Waals surface area contributed by atoms with Crippen molar-refractivity contribution < 1.29 is 4.74 Å². The van der Waals surface area contributed by atoms with Crippen LogP contribution < -0.4 is 15.8 Å². The van der Waals surface area contributed by atoms with Gasteiger partial charge in [0.05, 0.1) is 7.11 Å². The molecule has 0 bridgehead atoms. The second-order valence-corrected chi connectivity index (χ2v) is 4.82. The van der Waals surface area contributed by atoms with E-state index in [9.17, 15) is 0 Å². The second-order valence-electron chi connectivity index (χ2n) is 4.39. The summed E-state index contributed by atoms with van der Waals surface area (Å²) < 4.78 is 5.39. The monoisotopic (exact) mass is 256 g/mol. The number of nitrogens with one attached hydrogen (secondary N) is 1. The fraction of sp³-hybridized carbons (Fsp3) is 0.538. The minimum absolute atomic E-state index is 0.473. The third-order valence-corrected chi connectivity index (χ3v) is 2.95. The van der Waals surface area contributed by atoms with Crippen molar-refractivity contribution in [1.29, 1.82) is 0 Å². The molecule has 0 radical (unpaired) electrons. The Kier molecular flexibility index (Phi) is 5.75. The highest BCUT2D eigenvalue weighted by Crippen LogP contribution is 2.27. The van der Waals surface area contributed by atoms with Crippen LogP contribution in [0.4, 0.5) is 0 Å². The van der Waals surface area contributed by atoms with Gasteiger partial charge < -0.3 is 15.8 Å². The van der Waals surface area contributed by atoms with E-state index in [1.165, 1.54) is 0 Å². The smallest absolute Gasteiger partial charge is 0.126 e. The molecule has 0 aliphatic rings. The molecule has 4 heteroatoms. The Bertz CT molecular complexity index is 369. The van der Waals surface area contributed by atoms with Crippen molar-refractivity contribution in [2.45, 2.75) is 20.4 Å². The van der Waals surface area contributed by atoms with Crippen LogP contribution in [0.2, 0.25) is 5.02 Å². The first-order valence-corrected chi connectivity index (χ1v) is 6.20. The number of rotatable bonds is 6. The Balaban J connectivity index is 2.69. The first kappa shape index (κ1) is 14.3. The molecule has 0 aromatic heterocycles. The second kappa shape index (κ2) is 6.84. The number of aryl methyl sites for hydroxylation is 1. The number of halogens is 1. The molecule has 0 spiro atoms. The summed E-state index contributed by atoms with van der Waals surface area (Å²) in [5.74, 6) is 1.38. The summed E-state index contributed by atoms with van der Waals surface area (Å²) >= 11 is 6.04. The van der Waals surface area contributed by atoms with Gasteiger partial charge in [0.2, 0.25) is 0 Å². The first-order chi connectivity index (χ1) is 8.08. The van der Waals surface area contributed by atoms with Crippen LogP contribution in [0.1, 0.15) is 18.1 Å². The summed E-state index contributed by atoms with van der Waals surface area (Å²) in [5, 5.41) is 4.11. The lowest BCUT2D eigenvalue weighted by Crippen LogP contribution is -2.26. The molecule has 0 aliphatic heterocycles. The van der Waals surface area contributed by atoms with Crippen molar-refractivity contribution in [2.24, 2.45) is 11.7 Å². The molecule has 1 aromatic carbocycles. The average molecular weight is 257 g/mol. The predicted octanol–water partition coefficient (Wildman–Crippen LogP) is 2.34. The molecule has 1 unspecified atom stereocenters. The summed E-state index contributed by atoms with van der Waals surface area (Å²) in [5.41, 5.74) is 7.71. The number of nitrogens with two attached hydrogens (primary N) is 1. The number of ether oxygens (including phenoxy) is 1. The fourth-order valence-corrected chi connectivity index (χ4v) is 2.05. The number of hydrogen-bond acceptors (Lipinski definition) is 3. The topological polar surface area (TPSA) is 47.3 Å². The van der Waals surface area contributed by atoms with Gasteiger partial charge in [0.25, 0.3) is 0 Å². The van der Waals surface area contributed by atoms with Crippen molar-refractivity contribution in [3.05, 3.63) is 28.3 Å². The number of methoxy groups -OCH3 is 1. The van der Waals surface area contributed by atoms with E-state index in [0.29, 0.717) is 12.5 Å². The predicted molar refractivity (Wildman–Crippen MR) is 72.7 cm³/mol. The molecule has 17 heavy (non-hydrogen) atoms. The molecule has 0 saturated heterocycles. The first-order valence-electron chi connectivity index (χ1n) is 5.82. The van der Waals surface area contributed by atoms with Crippen molar-refractivity contribution >= 4 is 11.6 Å². The van der Waals surface area contributed by atoms with Crippen LogP contribution >= 0.6 is 11.6 Å². The Labute approximate surface area is 108 Å². The van der Waals surface area contributed by atoms with Gasteiger partial charge >= 0.3 is 0 Å². The Morgan fingerprint density at radius 2 is 2.18 bits per heavy atom. The minimum atomic E-state index is 0.473. The molecule has 3 N–H and O–H groups in total. The molecule has 0 heterocycles. The molecular formula is C13H21ClN2O. The van der Waals surface area contributed by atoms with Gasteiger partial charge in [-0.15, -0.1) is 0 Å². The maximum Gasteiger partial charge on any atom is 0.126 e. The zero-order valence-electron chi connectivity index (χ0n) is 10.7. The Morgan fingerprint density at radius 1 is 1.47 bits per heavy atom. The van der Waals surface area contributed by atoms with Crippen LogP contribution in [0.15, 0.2) is 12.1 Å². The van der Waals surface area contributed by atoms with Crippen molar-refractivity contribution in [2.75, 3.05) is 20.2 Å². The molecule has 96 valence electrons. The van der Waals surface area contributed by atoms with Crippen LogP contribution in [0.5, 0.6) is 5.75 Å². The number of benzene rings is 1. The van der Waals surface area contributed by atoms with E-state index in [0.717, 1.165) is 35.0 Å². The molecule has 3 nitrogen and oxygen atoms in total. The quantitative estimate of drug-likeness (QED) is 0.821. The van der Waals surface area contributed by atoms with Gasteiger partial charge in [0, 0.05) is 17.1 Å². The highest BCUT2D eigenvalue weighted by atomic mass is 35.5. The van der Waals surface area contributed by atoms with Gasteiger partial charge in [-0.1, -0.05) is 18.5 Å². The van der Waals surface area contributed by atoms with Crippen LogP contribution in [0, 0.1) is 12.8 Å². The van der Waals surface area contributed by atoms with E-state index in [2.05, 4.69) is 12.2 Å². The third-order valence-electron chi connectivity index (χ3n) is 2.73. The van der Waals surface area contributed by atoms with Gasteiger partial charge in [-0.25, -0.2) is 0 Å². The molecule has 1 atom stereocenters. The summed E-state index contributed by atoms with van der Waals surface area (Å²) in [6, 6.07) is 3.85. The summed E-state index contributed by atoms with van der Waals surface area (Å²) in [7, 11) is 1.68. The zero-order chi connectivity index (χ0) is 12.8. The lowest BCUT2D eigenvalue weighted by atomic mass is 10.1. The third kappa shape index (κ3) is 4.19. The Hall–Kier alpha value is -0.770. The van der Waals surface area contributed by atoms with Gasteiger partial charge in [0.1, 0.15) is 5.75 Å². The molecule has 1 aromatic rings. The van der Waals surface area contributed by atoms with E-state index in [-0.39, 0.29) is 0 Å². The van der Waals surface area contributed by atoms with Crippen molar-refractivity contribution in [1.82, 2.24) is 5.32 Å². The molecule has 0 aliphatic carbocycles.